The molecule has 2 aromatic rings. The van der Waals surface area contributed by atoms with Crippen LogP contribution < -0.4 is 19.5 Å². The highest BCUT2D eigenvalue weighted by Crippen LogP contribution is 2.41. The lowest BCUT2D eigenvalue weighted by atomic mass is 10.1. The summed E-state index contributed by atoms with van der Waals surface area (Å²) >= 11 is 2.31. The van der Waals surface area contributed by atoms with Gasteiger partial charge in [0.2, 0.25) is 12.5 Å². The van der Waals surface area contributed by atoms with Crippen LogP contribution in [-0.4, -0.2) is 13.9 Å². The lowest BCUT2D eigenvalue weighted by molar-refractivity contribution is 0.171. The van der Waals surface area contributed by atoms with Crippen LogP contribution in [0.3, 0.4) is 0 Å². The Morgan fingerprint density at radius 2 is 2.10 bits per heavy atom. The van der Waals surface area contributed by atoms with Gasteiger partial charge in [-0.2, -0.15) is 0 Å². The molecular weight excluding hydrogens is 369 g/mol. The van der Waals surface area contributed by atoms with Crippen molar-refractivity contribution < 1.29 is 14.2 Å². The van der Waals surface area contributed by atoms with Crippen LogP contribution in [0.4, 0.5) is 5.69 Å². The molecule has 1 aliphatic heterocycles. The van der Waals surface area contributed by atoms with Crippen molar-refractivity contribution in [3.8, 4) is 17.2 Å². The van der Waals surface area contributed by atoms with Gasteiger partial charge in [0.25, 0.3) is 0 Å². The molecule has 2 aromatic carbocycles. The van der Waals surface area contributed by atoms with Gasteiger partial charge >= 0.3 is 0 Å². The molecule has 1 N–H and O–H groups in total. The molecule has 20 heavy (non-hydrogen) atoms. The van der Waals surface area contributed by atoms with Gasteiger partial charge in [0.05, 0.1) is 7.11 Å². The van der Waals surface area contributed by atoms with E-state index in [4.69, 9.17) is 14.2 Å². The van der Waals surface area contributed by atoms with Crippen molar-refractivity contribution >= 4 is 28.3 Å². The molecule has 0 bridgehead atoms. The molecule has 1 heterocycles. The van der Waals surface area contributed by atoms with E-state index >= 15 is 0 Å². The topological polar surface area (TPSA) is 39.7 Å². The lowest BCUT2D eigenvalue weighted by Gasteiger charge is -2.11. The summed E-state index contributed by atoms with van der Waals surface area (Å²) in [5.74, 6) is 2.13. The SMILES string of the molecule is COc1cc(CNc2ccccc2I)cc2c1OCO2. The van der Waals surface area contributed by atoms with Crippen molar-refractivity contribution in [3.63, 3.8) is 0 Å². The van der Waals surface area contributed by atoms with E-state index in [-0.39, 0.29) is 6.79 Å². The first-order valence-corrected chi connectivity index (χ1v) is 7.30. The summed E-state index contributed by atoms with van der Waals surface area (Å²) in [7, 11) is 1.63. The summed E-state index contributed by atoms with van der Waals surface area (Å²) in [6, 6.07) is 12.1. The van der Waals surface area contributed by atoms with E-state index in [1.807, 2.05) is 24.3 Å². The Kier molecular flexibility index (Phi) is 3.86. The standard InChI is InChI=1S/C15H14INO3/c1-18-13-6-10(7-14-15(13)20-9-19-14)8-17-12-5-3-2-4-11(12)16/h2-7,17H,8-9H2,1H3. The number of para-hydroxylation sites is 1. The third-order valence-electron chi connectivity index (χ3n) is 3.07. The summed E-state index contributed by atoms with van der Waals surface area (Å²) in [5.41, 5.74) is 2.20. The van der Waals surface area contributed by atoms with Crippen LogP contribution in [0.2, 0.25) is 0 Å². The van der Waals surface area contributed by atoms with Gasteiger partial charge in [-0.1, -0.05) is 12.1 Å². The Labute approximate surface area is 131 Å². The second-order valence-corrected chi connectivity index (χ2v) is 5.53. The summed E-state index contributed by atoms with van der Waals surface area (Å²) in [6.07, 6.45) is 0. The minimum absolute atomic E-state index is 0.249. The van der Waals surface area contributed by atoms with Gasteiger partial charge in [0, 0.05) is 15.8 Å². The monoisotopic (exact) mass is 383 g/mol. The van der Waals surface area contributed by atoms with Crippen LogP contribution in [0.25, 0.3) is 0 Å². The number of rotatable bonds is 4. The van der Waals surface area contributed by atoms with Crippen molar-refractivity contribution in [2.45, 2.75) is 6.54 Å². The molecule has 3 rings (SSSR count). The molecule has 0 saturated carbocycles. The fourth-order valence-electron chi connectivity index (χ4n) is 2.09. The van der Waals surface area contributed by atoms with Gasteiger partial charge in [-0.3, -0.25) is 0 Å². The quantitative estimate of drug-likeness (QED) is 0.819. The first kappa shape index (κ1) is 13.4. The summed E-state index contributed by atoms with van der Waals surface area (Å²) in [4.78, 5) is 0. The second kappa shape index (κ2) is 5.78. The molecule has 0 fully saturated rings. The minimum atomic E-state index is 0.249. The van der Waals surface area contributed by atoms with Crippen LogP contribution in [0.5, 0.6) is 17.2 Å². The van der Waals surface area contributed by atoms with Gasteiger partial charge < -0.3 is 19.5 Å². The van der Waals surface area contributed by atoms with Crippen LogP contribution in [0, 0.1) is 3.57 Å². The zero-order valence-corrected chi connectivity index (χ0v) is 13.1. The Morgan fingerprint density at radius 3 is 2.90 bits per heavy atom. The number of fused-ring (bicyclic) bond motifs is 1. The number of halogens is 1. The second-order valence-electron chi connectivity index (χ2n) is 4.37. The summed E-state index contributed by atoms with van der Waals surface area (Å²) in [6.45, 7) is 0.951. The third-order valence-corrected chi connectivity index (χ3v) is 4.02. The number of anilines is 1. The van der Waals surface area contributed by atoms with Gasteiger partial charge in [-0.05, 0) is 52.4 Å². The smallest absolute Gasteiger partial charge is 0.231 e. The van der Waals surface area contributed by atoms with Gasteiger partial charge in [0.15, 0.2) is 11.5 Å². The van der Waals surface area contributed by atoms with Gasteiger partial charge in [0.1, 0.15) is 0 Å². The predicted octanol–water partition coefficient (Wildman–Crippen LogP) is 3.64. The summed E-state index contributed by atoms with van der Waals surface area (Å²) in [5, 5.41) is 3.41. The zero-order chi connectivity index (χ0) is 13.9. The van der Waals surface area contributed by atoms with Crippen LogP contribution in [0.1, 0.15) is 5.56 Å². The molecule has 104 valence electrons. The largest absolute Gasteiger partial charge is 0.493 e. The normalized spacial score (nSPS) is 12.3. The van der Waals surface area contributed by atoms with E-state index in [2.05, 4.69) is 40.0 Å². The van der Waals surface area contributed by atoms with E-state index in [0.717, 1.165) is 17.0 Å². The first-order valence-electron chi connectivity index (χ1n) is 6.23. The van der Waals surface area contributed by atoms with E-state index in [0.29, 0.717) is 18.0 Å². The van der Waals surface area contributed by atoms with Crippen LogP contribution in [0.15, 0.2) is 36.4 Å². The van der Waals surface area contributed by atoms with Crippen molar-refractivity contribution in [1.29, 1.82) is 0 Å². The first-order chi connectivity index (χ1) is 9.78. The minimum Gasteiger partial charge on any atom is -0.493 e. The molecule has 0 saturated heterocycles. The third kappa shape index (κ3) is 2.63. The fraction of sp³-hybridized carbons (Fsp3) is 0.200. The van der Waals surface area contributed by atoms with Gasteiger partial charge in [-0.25, -0.2) is 0 Å². The van der Waals surface area contributed by atoms with Crippen molar-refractivity contribution in [3.05, 3.63) is 45.5 Å². The highest BCUT2D eigenvalue weighted by Gasteiger charge is 2.19. The zero-order valence-electron chi connectivity index (χ0n) is 11.0. The van der Waals surface area contributed by atoms with Gasteiger partial charge in [-0.15, -0.1) is 0 Å². The maximum atomic E-state index is 5.43. The van der Waals surface area contributed by atoms with E-state index in [1.54, 1.807) is 7.11 Å². The van der Waals surface area contributed by atoms with E-state index in [9.17, 15) is 0 Å². The van der Waals surface area contributed by atoms with Crippen molar-refractivity contribution in [2.24, 2.45) is 0 Å². The van der Waals surface area contributed by atoms with E-state index < -0.39 is 0 Å². The number of benzene rings is 2. The van der Waals surface area contributed by atoms with Crippen LogP contribution in [-0.2, 0) is 6.54 Å². The molecule has 0 amide bonds. The molecule has 0 atom stereocenters. The predicted molar refractivity (Wildman–Crippen MR) is 85.6 cm³/mol. The number of hydrogen-bond donors (Lipinski definition) is 1. The highest BCUT2D eigenvalue weighted by atomic mass is 127. The maximum absolute atomic E-state index is 5.43. The average molecular weight is 383 g/mol. The average Bonchev–Trinajstić information content (AvgIpc) is 2.94. The molecule has 1 aliphatic rings. The molecule has 0 aromatic heterocycles. The number of hydrogen-bond acceptors (Lipinski definition) is 4. The molecule has 0 unspecified atom stereocenters. The highest BCUT2D eigenvalue weighted by molar-refractivity contribution is 14.1. The molecule has 0 spiro atoms. The Balaban J connectivity index is 1.80. The molecule has 0 aliphatic carbocycles. The molecular formula is C15H14INO3. The van der Waals surface area contributed by atoms with Crippen molar-refractivity contribution in [1.82, 2.24) is 0 Å². The Morgan fingerprint density at radius 1 is 1.25 bits per heavy atom. The Bertz CT molecular complexity index is 631. The van der Waals surface area contributed by atoms with Crippen molar-refractivity contribution in [2.75, 3.05) is 19.2 Å². The number of methoxy groups -OCH3 is 1. The molecule has 4 nitrogen and oxygen atoms in total. The lowest BCUT2D eigenvalue weighted by Crippen LogP contribution is -2.01. The maximum Gasteiger partial charge on any atom is 0.231 e. The molecule has 5 heteroatoms. The number of ether oxygens (including phenoxy) is 3. The fourth-order valence-corrected chi connectivity index (χ4v) is 2.67. The summed E-state index contributed by atoms with van der Waals surface area (Å²) < 4.78 is 17.3. The Hall–Kier alpha value is -1.63. The van der Waals surface area contributed by atoms with Crippen LogP contribution >= 0.6 is 22.6 Å². The number of nitrogens with one attached hydrogen (secondary N) is 1. The van der Waals surface area contributed by atoms with E-state index in [1.165, 1.54) is 3.57 Å². The molecule has 0 radical (unpaired) electrons.